The molecule has 2 aromatic heterocycles. The number of hydrogen-bond acceptors (Lipinski definition) is 4. The van der Waals surface area contributed by atoms with Crippen molar-refractivity contribution in [3.05, 3.63) is 54.0 Å². The SMILES string of the molecule is CCC(N)Cc1ccc(N(C)Cc2ccncc2)nc1. The third kappa shape index (κ3) is 4.03. The Labute approximate surface area is 120 Å². The van der Waals surface area contributed by atoms with E-state index in [2.05, 4.69) is 33.9 Å². The monoisotopic (exact) mass is 270 g/mol. The van der Waals surface area contributed by atoms with Gasteiger partial charge >= 0.3 is 0 Å². The molecule has 20 heavy (non-hydrogen) atoms. The van der Waals surface area contributed by atoms with E-state index >= 15 is 0 Å². The zero-order valence-corrected chi connectivity index (χ0v) is 12.2. The first-order valence-electron chi connectivity index (χ1n) is 6.99. The van der Waals surface area contributed by atoms with E-state index in [0.717, 1.165) is 25.2 Å². The highest BCUT2D eigenvalue weighted by Crippen LogP contribution is 2.13. The lowest BCUT2D eigenvalue weighted by Gasteiger charge is -2.18. The molecule has 0 aliphatic heterocycles. The molecule has 4 heteroatoms. The number of nitrogens with two attached hydrogens (primary N) is 1. The lowest BCUT2D eigenvalue weighted by Crippen LogP contribution is -2.22. The average Bonchev–Trinajstić information content (AvgIpc) is 2.49. The Hall–Kier alpha value is -1.94. The Bertz CT molecular complexity index is 510. The molecular formula is C16H22N4. The highest BCUT2D eigenvalue weighted by atomic mass is 15.2. The van der Waals surface area contributed by atoms with Crippen LogP contribution in [0, 0.1) is 0 Å². The van der Waals surface area contributed by atoms with Crippen molar-refractivity contribution in [2.45, 2.75) is 32.4 Å². The lowest BCUT2D eigenvalue weighted by atomic mass is 10.1. The van der Waals surface area contributed by atoms with Gasteiger partial charge in [-0.2, -0.15) is 0 Å². The summed E-state index contributed by atoms with van der Waals surface area (Å²) in [6.45, 7) is 2.93. The van der Waals surface area contributed by atoms with E-state index in [1.807, 2.05) is 37.8 Å². The van der Waals surface area contributed by atoms with Crippen molar-refractivity contribution >= 4 is 5.82 Å². The van der Waals surface area contributed by atoms with Crippen LogP contribution in [0.15, 0.2) is 42.9 Å². The van der Waals surface area contributed by atoms with Crippen molar-refractivity contribution in [1.82, 2.24) is 9.97 Å². The molecule has 2 rings (SSSR count). The molecule has 2 heterocycles. The third-order valence-electron chi connectivity index (χ3n) is 3.39. The van der Waals surface area contributed by atoms with Gasteiger partial charge in [0.05, 0.1) is 0 Å². The van der Waals surface area contributed by atoms with E-state index in [0.29, 0.717) is 0 Å². The Morgan fingerprint density at radius 1 is 1.15 bits per heavy atom. The van der Waals surface area contributed by atoms with Crippen molar-refractivity contribution in [3.8, 4) is 0 Å². The molecule has 0 aliphatic rings. The van der Waals surface area contributed by atoms with Gasteiger partial charge in [-0.25, -0.2) is 4.98 Å². The molecule has 0 radical (unpaired) electrons. The molecule has 2 aromatic rings. The van der Waals surface area contributed by atoms with Crippen LogP contribution in [-0.4, -0.2) is 23.1 Å². The first-order valence-corrected chi connectivity index (χ1v) is 6.99. The van der Waals surface area contributed by atoms with Gasteiger partial charge in [-0.3, -0.25) is 4.98 Å². The zero-order chi connectivity index (χ0) is 14.4. The molecule has 0 amide bonds. The molecule has 1 unspecified atom stereocenters. The van der Waals surface area contributed by atoms with E-state index in [1.165, 1.54) is 11.1 Å². The first kappa shape index (κ1) is 14.5. The van der Waals surface area contributed by atoms with E-state index < -0.39 is 0 Å². The number of hydrogen-bond donors (Lipinski definition) is 1. The fourth-order valence-electron chi connectivity index (χ4n) is 2.05. The largest absolute Gasteiger partial charge is 0.355 e. The van der Waals surface area contributed by atoms with Gasteiger partial charge in [-0.05, 0) is 42.2 Å². The molecule has 0 saturated heterocycles. The van der Waals surface area contributed by atoms with Gasteiger partial charge in [0.25, 0.3) is 0 Å². The van der Waals surface area contributed by atoms with Crippen LogP contribution in [0.25, 0.3) is 0 Å². The van der Waals surface area contributed by atoms with Crippen molar-refractivity contribution < 1.29 is 0 Å². The van der Waals surface area contributed by atoms with Crippen molar-refractivity contribution in [2.24, 2.45) is 5.73 Å². The Balaban J connectivity index is 1.98. The molecule has 0 fully saturated rings. The van der Waals surface area contributed by atoms with Crippen LogP contribution in [0.3, 0.4) is 0 Å². The summed E-state index contributed by atoms with van der Waals surface area (Å²) >= 11 is 0. The van der Waals surface area contributed by atoms with E-state index in [-0.39, 0.29) is 6.04 Å². The van der Waals surface area contributed by atoms with Gasteiger partial charge < -0.3 is 10.6 Å². The summed E-state index contributed by atoms with van der Waals surface area (Å²) in [4.78, 5) is 10.7. The quantitative estimate of drug-likeness (QED) is 0.875. The Morgan fingerprint density at radius 2 is 1.90 bits per heavy atom. The summed E-state index contributed by atoms with van der Waals surface area (Å²) in [5.74, 6) is 0.968. The molecule has 0 aliphatic carbocycles. The van der Waals surface area contributed by atoms with Crippen LogP contribution in [0.1, 0.15) is 24.5 Å². The predicted molar refractivity (Wildman–Crippen MR) is 82.6 cm³/mol. The fourth-order valence-corrected chi connectivity index (χ4v) is 2.05. The van der Waals surface area contributed by atoms with Gasteiger partial charge in [-0.15, -0.1) is 0 Å². The Kier molecular flexibility index (Phi) is 5.07. The molecule has 2 N–H and O–H groups in total. The standard InChI is InChI=1S/C16H22N4/c1-3-15(17)10-14-4-5-16(19-11-14)20(2)12-13-6-8-18-9-7-13/h4-9,11,15H,3,10,12,17H2,1-2H3. The molecule has 0 aromatic carbocycles. The second kappa shape index (κ2) is 7.01. The number of anilines is 1. The summed E-state index contributed by atoms with van der Waals surface area (Å²) in [5.41, 5.74) is 8.38. The topological polar surface area (TPSA) is 55.0 Å². The molecule has 1 atom stereocenters. The number of aromatic nitrogens is 2. The summed E-state index contributed by atoms with van der Waals surface area (Å²) in [5, 5.41) is 0. The van der Waals surface area contributed by atoms with E-state index in [9.17, 15) is 0 Å². The van der Waals surface area contributed by atoms with Crippen LogP contribution < -0.4 is 10.6 Å². The van der Waals surface area contributed by atoms with Gasteiger partial charge in [0.1, 0.15) is 5.82 Å². The van der Waals surface area contributed by atoms with Crippen molar-refractivity contribution in [2.75, 3.05) is 11.9 Å². The van der Waals surface area contributed by atoms with E-state index in [1.54, 1.807) is 0 Å². The number of pyridine rings is 2. The number of nitrogens with zero attached hydrogens (tertiary/aromatic N) is 3. The molecule has 0 saturated carbocycles. The molecular weight excluding hydrogens is 248 g/mol. The summed E-state index contributed by atoms with van der Waals surface area (Å²) in [7, 11) is 2.04. The van der Waals surface area contributed by atoms with Crippen molar-refractivity contribution in [1.29, 1.82) is 0 Å². The van der Waals surface area contributed by atoms with Crippen LogP contribution in [-0.2, 0) is 13.0 Å². The molecule has 4 nitrogen and oxygen atoms in total. The maximum Gasteiger partial charge on any atom is 0.128 e. The second-order valence-corrected chi connectivity index (χ2v) is 5.11. The normalized spacial score (nSPS) is 12.2. The maximum atomic E-state index is 5.96. The van der Waals surface area contributed by atoms with Gasteiger partial charge in [0, 0.05) is 38.2 Å². The molecule has 106 valence electrons. The maximum absolute atomic E-state index is 5.96. The molecule has 0 bridgehead atoms. The summed E-state index contributed by atoms with van der Waals surface area (Å²) in [6.07, 6.45) is 7.42. The van der Waals surface area contributed by atoms with Crippen LogP contribution in [0.2, 0.25) is 0 Å². The van der Waals surface area contributed by atoms with Crippen LogP contribution in [0.5, 0.6) is 0 Å². The zero-order valence-electron chi connectivity index (χ0n) is 12.2. The highest BCUT2D eigenvalue weighted by molar-refractivity contribution is 5.39. The van der Waals surface area contributed by atoms with Gasteiger partial charge in [0.2, 0.25) is 0 Å². The molecule has 0 spiro atoms. The lowest BCUT2D eigenvalue weighted by molar-refractivity contribution is 0.645. The summed E-state index contributed by atoms with van der Waals surface area (Å²) in [6, 6.07) is 8.42. The smallest absolute Gasteiger partial charge is 0.128 e. The summed E-state index contributed by atoms with van der Waals surface area (Å²) < 4.78 is 0. The van der Waals surface area contributed by atoms with Crippen LogP contribution >= 0.6 is 0 Å². The van der Waals surface area contributed by atoms with Crippen LogP contribution in [0.4, 0.5) is 5.82 Å². The minimum absolute atomic E-state index is 0.220. The number of rotatable bonds is 6. The van der Waals surface area contributed by atoms with Crippen molar-refractivity contribution in [3.63, 3.8) is 0 Å². The first-order chi connectivity index (χ1) is 9.69. The Morgan fingerprint density at radius 3 is 2.50 bits per heavy atom. The highest BCUT2D eigenvalue weighted by Gasteiger charge is 2.05. The third-order valence-corrected chi connectivity index (χ3v) is 3.39. The second-order valence-electron chi connectivity index (χ2n) is 5.11. The van der Waals surface area contributed by atoms with Gasteiger partial charge in [0.15, 0.2) is 0 Å². The predicted octanol–water partition coefficient (Wildman–Crippen LogP) is 2.39. The average molecular weight is 270 g/mol. The van der Waals surface area contributed by atoms with E-state index in [4.69, 9.17) is 5.73 Å². The minimum atomic E-state index is 0.220. The van der Waals surface area contributed by atoms with Gasteiger partial charge in [-0.1, -0.05) is 13.0 Å². The fraction of sp³-hybridized carbons (Fsp3) is 0.375. The minimum Gasteiger partial charge on any atom is -0.355 e.